The molecule has 1 aliphatic heterocycles. The lowest BCUT2D eigenvalue weighted by Crippen LogP contribution is -2.04. The minimum Gasteiger partial charge on any atom is -0.496 e. The van der Waals surface area contributed by atoms with Gasteiger partial charge < -0.3 is 10.1 Å². The average molecular weight is 355 g/mol. The topological polar surface area (TPSA) is 62.1 Å². The van der Waals surface area contributed by atoms with Crippen molar-refractivity contribution in [3.8, 4) is 11.8 Å². The summed E-state index contributed by atoms with van der Waals surface area (Å²) in [5, 5.41) is 11.9. The summed E-state index contributed by atoms with van der Waals surface area (Å²) in [6.07, 6.45) is 1.80. The van der Waals surface area contributed by atoms with Gasteiger partial charge in [-0.25, -0.2) is 0 Å². The van der Waals surface area contributed by atoms with Gasteiger partial charge in [0.1, 0.15) is 11.8 Å². The van der Waals surface area contributed by atoms with Gasteiger partial charge >= 0.3 is 0 Å². The summed E-state index contributed by atoms with van der Waals surface area (Å²) in [4.78, 5) is 12.2. The molecule has 0 unspecified atom stereocenters. The number of halogens is 1. The van der Waals surface area contributed by atoms with Crippen molar-refractivity contribution in [1.29, 1.82) is 5.26 Å². The number of para-hydroxylation sites is 1. The van der Waals surface area contributed by atoms with E-state index in [1.54, 1.807) is 25.3 Å². The normalized spacial score (nSPS) is 14.4. The van der Waals surface area contributed by atoms with Gasteiger partial charge in [0.25, 0.3) is 5.91 Å². The summed E-state index contributed by atoms with van der Waals surface area (Å²) < 4.78 is 6.01. The molecule has 1 aliphatic rings. The van der Waals surface area contributed by atoms with E-state index in [0.29, 0.717) is 16.8 Å². The monoisotopic (exact) mass is 354 g/mol. The highest BCUT2D eigenvalue weighted by atomic mass is 79.9. The number of hydrogen-bond acceptors (Lipinski definition) is 3. The number of rotatable bonds is 2. The van der Waals surface area contributed by atoms with Crippen molar-refractivity contribution >= 4 is 39.2 Å². The highest BCUT2D eigenvalue weighted by Gasteiger charge is 2.26. The molecule has 0 radical (unpaired) electrons. The first kappa shape index (κ1) is 14.4. The summed E-state index contributed by atoms with van der Waals surface area (Å²) in [6.45, 7) is 0. The Morgan fingerprint density at radius 3 is 2.82 bits per heavy atom. The van der Waals surface area contributed by atoms with Crippen LogP contribution in [0.2, 0.25) is 0 Å². The van der Waals surface area contributed by atoms with Gasteiger partial charge in [-0.15, -0.1) is 0 Å². The number of nitriles is 1. The van der Waals surface area contributed by atoms with Crippen LogP contribution in [0.4, 0.5) is 5.69 Å². The number of anilines is 1. The molecule has 3 rings (SSSR count). The minimum atomic E-state index is -0.204. The second-order valence-electron chi connectivity index (χ2n) is 4.75. The van der Waals surface area contributed by atoms with Crippen LogP contribution in [0.3, 0.4) is 0 Å². The quantitative estimate of drug-likeness (QED) is 0.833. The third-order valence-corrected chi connectivity index (χ3v) is 4.06. The Morgan fingerprint density at radius 1 is 1.32 bits per heavy atom. The van der Waals surface area contributed by atoms with E-state index in [2.05, 4.69) is 27.3 Å². The molecule has 1 heterocycles. The van der Waals surface area contributed by atoms with Crippen molar-refractivity contribution < 1.29 is 9.53 Å². The van der Waals surface area contributed by atoms with Gasteiger partial charge in [-0.1, -0.05) is 18.2 Å². The predicted molar refractivity (Wildman–Crippen MR) is 88.4 cm³/mol. The average Bonchev–Trinajstić information content (AvgIpc) is 2.83. The Morgan fingerprint density at radius 2 is 2.14 bits per heavy atom. The first-order chi connectivity index (χ1) is 10.6. The molecule has 4 nitrogen and oxygen atoms in total. The van der Waals surface area contributed by atoms with Gasteiger partial charge in [-0.05, 0) is 45.8 Å². The summed E-state index contributed by atoms with van der Waals surface area (Å²) in [5.74, 6) is 0.523. The maximum Gasteiger partial charge on any atom is 0.256 e. The lowest BCUT2D eigenvalue weighted by molar-refractivity contribution is -0.110. The minimum absolute atomic E-state index is 0.204. The van der Waals surface area contributed by atoms with E-state index in [9.17, 15) is 4.79 Å². The largest absolute Gasteiger partial charge is 0.496 e. The number of hydrogen-bond donors (Lipinski definition) is 1. The fraction of sp³-hybridized carbons (Fsp3) is 0.0588. The van der Waals surface area contributed by atoms with Crippen LogP contribution in [-0.4, -0.2) is 13.0 Å². The number of nitrogens with zero attached hydrogens (tertiary/aromatic N) is 1. The zero-order valence-electron chi connectivity index (χ0n) is 11.7. The molecule has 108 valence electrons. The Kier molecular flexibility index (Phi) is 3.70. The van der Waals surface area contributed by atoms with Crippen molar-refractivity contribution in [3.63, 3.8) is 0 Å². The molecule has 0 spiro atoms. The van der Waals surface area contributed by atoms with Crippen LogP contribution in [0.25, 0.3) is 11.6 Å². The first-order valence-corrected chi connectivity index (χ1v) is 7.33. The highest BCUT2D eigenvalue weighted by Crippen LogP contribution is 2.36. The van der Waals surface area contributed by atoms with Crippen LogP contribution in [0.1, 0.15) is 16.7 Å². The van der Waals surface area contributed by atoms with Crippen LogP contribution in [0, 0.1) is 11.3 Å². The summed E-state index contributed by atoms with van der Waals surface area (Å²) >= 11 is 3.43. The van der Waals surface area contributed by atoms with E-state index in [-0.39, 0.29) is 5.91 Å². The molecule has 1 N–H and O–H groups in total. The number of carbonyl (C=O) groups excluding carboxylic acids is 1. The van der Waals surface area contributed by atoms with E-state index in [1.807, 2.05) is 24.3 Å². The van der Waals surface area contributed by atoms with E-state index >= 15 is 0 Å². The smallest absolute Gasteiger partial charge is 0.256 e. The van der Waals surface area contributed by atoms with Crippen molar-refractivity contribution in [2.75, 3.05) is 12.4 Å². The van der Waals surface area contributed by atoms with E-state index in [1.165, 1.54) is 0 Å². The van der Waals surface area contributed by atoms with Gasteiger partial charge in [0, 0.05) is 11.1 Å². The maximum atomic E-state index is 12.2. The number of fused-ring (bicyclic) bond motifs is 1. The van der Waals surface area contributed by atoms with Crippen molar-refractivity contribution in [3.05, 3.63) is 57.6 Å². The van der Waals surface area contributed by atoms with Crippen molar-refractivity contribution in [2.45, 2.75) is 0 Å². The van der Waals surface area contributed by atoms with E-state index < -0.39 is 0 Å². The zero-order valence-corrected chi connectivity index (χ0v) is 13.3. The van der Waals surface area contributed by atoms with Gasteiger partial charge in [0.15, 0.2) is 0 Å². The number of amides is 1. The lowest BCUT2D eigenvalue weighted by atomic mass is 10.0. The van der Waals surface area contributed by atoms with E-state index in [0.717, 1.165) is 21.3 Å². The molecular formula is C17H11BrN2O2. The molecular weight excluding hydrogens is 344 g/mol. The second kappa shape index (κ2) is 5.66. The summed E-state index contributed by atoms with van der Waals surface area (Å²) in [6, 6.07) is 13.0. The van der Waals surface area contributed by atoms with Crippen LogP contribution in [-0.2, 0) is 4.79 Å². The molecule has 0 fully saturated rings. The number of methoxy groups -OCH3 is 1. The molecule has 1 amide bonds. The molecule has 5 heteroatoms. The van der Waals surface area contributed by atoms with Crippen LogP contribution < -0.4 is 10.1 Å². The lowest BCUT2D eigenvalue weighted by Gasteiger charge is -2.04. The van der Waals surface area contributed by atoms with Gasteiger partial charge in [0.05, 0.1) is 22.8 Å². The maximum absolute atomic E-state index is 12.2. The molecule has 0 aliphatic carbocycles. The second-order valence-corrected chi connectivity index (χ2v) is 5.60. The molecule has 0 bridgehead atoms. The summed E-state index contributed by atoms with van der Waals surface area (Å²) in [7, 11) is 1.60. The number of ether oxygens (including phenoxy) is 1. The van der Waals surface area contributed by atoms with Gasteiger partial charge in [-0.3, -0.25) is 4.79 Å². The predicted octanol–water partition coefficient (Wildman–Crippen LogP) is 3.82. The zero-order chi connectivity index (χ0) is 15.7. The Balaban J connectivity index is 2.09. The van der Waals surface area contributed by atoms with Gasteiger partial charge in [-0.2, -0.15) is 5.26 Å². The van der Waals surface area contributed by atoms with E-state index in [4.69, 9.17) is 10.00 Å². The first-order valence-electron chi connectivity index (χ1n) is 6.54. The summed E-state index contributed by atoms with van der Waals surface area (Å²) in [5.41, 5.74) is 3.20. The van der Waals surface area contributed by atoms with Gasteiger partial charge in [0.2, 0.25) is 0 Å². The molecule has 0 saturated carbocycles. The molecule has 0 aromatic heterocycles. The number of nitrogens with one attached hydrogen (secondary N) is 1. The molecule has 0 atom stereocenters. The Hall–Kier alpha value is -2.58. The molecule has 22 heavy (non-hydrogen) atoms. The SMILES string of the molecule is COc1ccc(C=C2C(=O)Nc3c(C#N)cccc32)cc1Br. The van der Waals surface area contributed by atoms with Crippen molar-refractivity contribution in [1.82, 2.24) is 0 Å². The third kappa shape index (κ3) is 2.38. The Labute approximate surface area is 136 Å². The third-order valence-electron chi connectivity index (χ3n) is 3.45. The standard InChI is InChI=1S/C17H11BrN2O2/c1-22-15-6-5-10(8-14(15)18)7-13-12-4-2-3-11(9-19)16(12)20-17(13)21/h2-8H,1H3,(H,20,21). The number of benzene rings is 2. The molecule has 0 saturated heterocycles. The Bertz CT molecular complexity index is 850. The fourth-order valence-corrected chi connectivity index (χ4v) is 2.95. The van der Waals surface area contributed by atoms with Crippen molar-refractivity contribution in [2.24, 2.45) is 0 Å². The highest BCUT2D eigenvalue weighted by molar-refractivity contribution is 9.10. The molecule has 2 aromatic rings. The fourth-order valence-electron chi connectivity index (χ4n) is 2.39. The van der Waals surface area contributed by atoms with Crippen LogP contribution >= 0.6 is 15.9 Å². The van der Waals surface area contributed by atoms with Crippen LogP contribution in [0.15, 0.2) is 40.9 Å². The van der Waals surface area contributed by atoms with Crippen LogP contribution in [0.5, 0.6) is 5.75 Å². The number of carbonyl (C=O) groups is 1. The molecule has 2 aromatic carbocycles.